The number of amides is 2. The second-order valence-electron chi connectivity index (χ2n) is 8.81. The molecule has 3 aromatic rings. The Hall–Kier alpha value is -2.92. The number of hydrogen-bond donors (Lipinski definition) is 1. The van der Waals surface area contributed by atoms with Crippen molar-refractivity contribution in [1.29, 1.82) is 0 Å². The van der Waals surface area contributed by atoms with Crippen LogP contribution in [0, 0.1) is 0 Å². The first-order valence-electron chi connectivity index (χ1n) is 12.4. The summed E-state index contributed by atoms with van der Waals surface area (Å²) in [6.07, 6.45) is 3.32. The first-order chi connectivity index (χ1) is 17.0. The standard InChI is InChI=1S/C30H35BrN2O2/c1-3-20-32-30(35)28(21-25-8-6-5-7-9-25)33(22-26-14-17-27(31)18-15-26)29(34)19-16-24-12-10-23(4-2)11-13-24/h5-15,17-18,28H,3-4,16,19-22H2,1-2H3,(H,32,35). The molecule has 1 N–H and O–H groups in total. The monoisotopic (exact) mass is 534 g/mol. The molecule has 0 heterocycles. The Bertz CT molecular complexity index is 1070. The lowest BCUT2D eigenvalue weighted by atomic mass is 10.0. The van der Waals surface area contributed by atoms with Gasteiger partial charge in [0.2, 0.25) is 11.8 Å². The van der Waals surface area contributed by atoms with Crippen LogP contribution < -0.4 is 5.32 Å². The smallest absolute Gasteiger partial charge is 0.243 e. The lowest BCUT2D eigenvalue weighted by Crippen LogP contribution is -2.50. The zero-order valence-electron chi connectivity index (χ0n) is 20.7. The van der Waals surface area contributed by atoms with E-state index in [1.54, 1.807) is 4.90 Å². The van der Waals surface area contributed by atoms with Crippen molar-refractivity contribution in [2.24, 2.45) is 0 Å². The highest BCUT2D eigenvalue weighted by Gasteiger charge is 2.30. The number of aryl methyl sites for hydroxylation is 2. The molecule has 0 saturated carbocycles. The minimum atomic E-state index is -0.581. The van der Waals surface area contributed by atoms with E-state index in [2.05, 4.69) is 52.4 Å². The lowest BCUT2D eigenvalue weighted by molar-refractivity contribution is -0.141. The largest absolute Gasteiger partial charge is 0.354 e. The molecule has 1 unspecified atom stereocenters. The van der Waals surface area contributed by atoms with Gasteiger partial charge in [-0.1, -0.05) is 96.5 Å². The van der Waals surface area contributed by atoms with Gasteiger partial charge in [-0.3, -0.25) is 9.59 Å². The van der Waals surface area contributed by atoms with Gasteiger partial charge in [0.25, 0.3) is 0 Å². The SMILES string of the molecule is CCCNC(=O)C(Cc1ccccc1)N(Cc1ccc(Br)cc1)C(=O)CCc1ccc(CC)cc1. The van der Waals surface area contributed by atoms with Gasteiger partial charge in [-0.05, 0) is 53.6 Å². The van der Waals surface area contributed by atoms with E-state index < -0.39 is 6.04 Å². The summed E-state index contributed by atoms with van der Waals surface area (Å²) in [5.74, 6) is -0.117. The van der Waals surface area contributed by atoms with Crippen molar-refractivity contribution in [1.82, 2.24) is 10.2 Å². The van der Waals surface area contributed by atoms with Crippen LogP contribution in [0.25, 0.3) is 0 Å². The average Bonchev–Trinajstić information content (AvgIpc) is 2.89. The van der Waals surface area contributed by atoms with Gasteiger partial charge in [-0.2, -0.15) is 0 Å². The molecule has 0 spiro atoms. The Kier molecular flexibility index (Phi) is 10.5. The first kappa shape index (κ1) is 26.7. The van der Waals surface area contributed by atoms with Crippen LogP contribution in [-0.2, 0) is 35.4 Å². The molecule has 5 heteroatoms. The first-order valence-corrected chi connectivity index (χ1v) is 13.2. The highest BCUT2D eigenvalue weighted by Crippen LogP contribution is 2.19. The summed E-state index contributed by atoms with van der Waals surface area (Å²) in [4.78, 5) is 28.8. The van der Waals surface area contributed by atoms with Crippen LogP contribution in [0.1, 0.15) is 48.9 Å². The molecule has 184 valence electrons. The minimum Gasteiger partial charge on any atom is -0.354 e. The number of nitrogens with zero attached hydrogens (tertiary/aromatic N) is 1. The molecule has 0 aliphatic heterocycles. The number of hydrogen-bond acceptors (Lipinski definition) is 2. The van der Waals surface area contributed by atoms with Crippen LogP contribution in [0.2, 0.25) is 0 Å². The number of halogens is 1. The summed E-state index contributed by atoms with van der Waals surface area (Å²) in [6, 6.07) is 25.7. The van der Waals surface area contributed by atoms with Crippen LogP contribution in [0.5, 0.6) is 0 Å². The van der Waals surface area contributed by atoms with Gasteiger partial charge in [0.15, 0.2) is 0 Å². The van der Waals surface area contributed by atoms with E-state index in [-0.39, 0.29) is 11.8 Å². The van der Waals surface area contributed by atoms with Crippen LogP contribution in [0.15, 0.2) is 83.3 Å². The fourth-order valence-corrected chi connectivity index (χ4v) is 4.31. The van der Waals surface area contributed by atoms with Crippen molar-refractivity contribution >= 4 is 27.7 Å². The molecule has 0 aromatic heterocycles. The van der Waals surface area contributed by atoms with Crippen molar-refractivity contribution in [3.63, 3.8) is 0 Å². The van der Waals surface area contributed by atoms with Crippen LogP contribution in [0.3, 0.4) is 0 Å². The highest BCUT2D eigenvalue weighted by atomic mass is 79.9. The maximum absolute atomic E-state index is 13.7. The molecular formula is C30H35BrN2O2. The lowest BCUT2D eigenvalue weighted by Gasteiger charge is -2.31. The maximum atomic E-state index is 13.7. The Morgan fingerprint density at radius 2 is 1.46 bits per heavy atom. The Morgan fingerprint density at radius 1 is 0.829 bits per heavy atom. The van der Waals surface area contributed by atoms with E-state index in [4.69, 9.17) is 0 Å². The summed E-state index contributed by atoms with van der Waals surface area (Å²) in [7, 11) is 0. The number of rotatable bonds is 12. The van der Waals surface area contributed by atoms with Gasteiger partial charge >= 0.3 is 0 Å². The minimum absolute atomic E-state index is 0.0138. The van der Waals surface area contributed by atoms with E-state index in [0.29, 0.717) is 32.4 Å². The fourth-order valence-electron chi connectivity index (χ4n) is 4.04. The van der Waals surface area contributed by atoms with Crippen molar-refractivity contribution < 1.29 is 9.59 Å². The number of nitrogens with one attached hydrogen (secondary N) is 1. The van der Waals surface area contributed by atoms with Crippen molar-refractivity contribution in [2.75, 3.05) is 6.54 Å². The van der Waals surface area contributed by atoms with E-state index in [1.165, 1.54) is 5.56 Å². The summed E-state index contributed by atoms with van der Waals surface area (Å²) in [5, 5.41) is 3.03. The van der Waals surface area contributed by atoms with Gasteiger partial charge in [0.05, 0.1) is 0 Å². The molecule has 4 nitrogen and oxygen atoms in total. The average molecular weight is 536 g/mol. The topological polar surface area (TPSA) is 49.4 Å². The van der Waals surface area contributed by atoms with Gasteiger partial charge < -0.3 is 10.2 Å². The zero-order valence-corrected chi connectivity index (χ0v) is 22.3. The molecular weight excluding hydrogens is 500 g/mol. The fraction of sp³-hybridized carbons (Fsp3) is 0.333. The van der Waals surface area contributed by atoms with Crippen molar-refractivity contribution in [3.05, 3.63) is 106 Å². The molecule has 0 aliphatic rings. The third-order valence-corrected chi connectivity index (χ3v) is 6.67. The van der Waals surface area contributed by atoms with Gasteiger partial charge in [0, 0.05) is 30.4 Å². The molecule has 0 bridgehead atoms. The molecule has 3 rings (SSSR count). The van der Waals surface area contributed by atoms with Gasteiger partial charge in [0.1, 0.15) is 6.04 Å². The zero-order chi connectivity index (χ0) is 25.0. The molecule has 0 aliphatic carbocycles. The summed E-state index contributed by atoms with van der Waals surface area (Å²) in [5.41, 5.74) is 4.45. The normalized spacial score (nSPS) is 11.6. The molecule has 3 aromatic carbocycles. The number of carbonyl (C=O) groups is 2. The summed E-state index contributed by atoms with van der Waals surface area (Å²) < 4.78 is 0.983. The van der Waals surface area contributed by atoms with Crippen LogP contribution in [-0.4, -0.2) is 29.3 Å². The van der Waals surface area contributed by atoms with Gasteiger partial charge in [-0.15, -0.1) is 0 Å². The van der Waals surface area contributed by atoms with E-state index in [1.807, 2.05) is 61.5 Å². The summed E-state index contributed by atoms with van der Waals surface area (Å²) >= 11 is 3.48. The molecule has 2 amide bonds. The Labute approximate surface area is 217 Å². The third-order valence-electron chi connectivity index (χ3n) is 6.15. The molecule has 0 saturated heterocycles. The summed E-state index contributed by atoms with van der Waals surface area (Å²) in [6.45, 7) is 5.14. The number of benzene rings is 3. The second-order valence-corrected chi connectivity index (χ2v) is 9.73. The van der Waals surface area contributed by atoms with Crippen molar-refractivity contribution in [3.8, 4) is 0 Å². The Balaban J connectivity index is 1.86. The van der Waals surface area contributed by atoms with Crippen molar-refractivity contribution in [2.45, 2.75) is 58.5 Å². The van der Waals surface area contributed by atoms with Crippen LogP contribution >= 0.6 is 15.9 Å². The van der Waals surface area contributed by atoms with E-state index in [0.717, 1.165) is 34.0 Å². The second kappa shape index (κ2) is 13.8. The quantitative estimate of drug-likeness (QED) is 0.304. The predicted octanol–water partition coefficient (Wildman–Crippen LogP) is 6.11. The third kappa shape index (κ3) is 8.36. The van der Waals surface area contributed by atoms with Crippen LogP contribution in [0.4, 0.5) is 0 Å². The molecule has 35 heavy (non-hydrogen) atoms. The molecule has 0 fully saturated rings. The van der Waals surface area contributed by atoms with E-state index >= 15 is 0 Å². The van der Waals surface area contributed by atoms with Gasteiger partial charge in [-0.25, -0.2) is 0 Å². The highest BCUT2D eigenvalue weighted by molar-refractivity contribution is 9.10. The molecule has 0 radical (unpaired) electrons. The Morgan fingerprint density at radius 3 is 2.09 bits per heavy atom. The number of carbonyl (C=O) groups excluding carboxylic acids is 2. The maximum Gasteiger partial charge on any atom is 0.243 e. The predicted molar refractivity (Wildman–Crippen MR) is 146 cm³/mol. The molecule has 1 atom stereocenters. The van der Waals surface area contributed by atoms with E-state index in [9.17, 15) is 9.59 Å².